The van der Waals surface area contributed by atoms with E-state index in [4.69, 9.17) is 11.6 Å². The Bertz CT molecular complexity index is 752. The average Bonchev–Trinajstić information content (AvgIpc) is 2.45. The van der Waals surface area contributed by atoms with E-state index in [1.54, 1.807) is 5.32 Å². The molecule has 0 aliphatic carbocycles. The zero-order valence-corrected chi connectivity index (χ0v) is 12.4. The summed E-state index contributed by atoms with van der Waals surface area (Å²) < 4.78 is 58.1. The van der Waals surface area contributed by atoms with E-state index < -0.39 is 29.3 Å². The van der Waals surface area contributed by atoms with Crippen LogP contribution in [-0.2, 0) is 4.79 Å². The average molecular weight is 348 g/mol. The van der Waals surface area contributed by atoms with Crippen LogP contribution in [0.4, 0.5) is 23.2 Å². The van der Waals surface area contributed by atoms with Gasteiger partial charge in [-0.15, -0.1) is 0 Å². The Morgan fingerprint density at radius 3 is 2.48 bits per heavy atom. The Morgan fingerprint density at radius 1 is 1.17 bits per heavy atom. The largest absolute Gasteiger partial charge is 0.482 e. The molecule has 0 bridgehead atoms. The van der Waals surface area contributed by atoms with Gasteiger partial charge in [0.2, 0.25) is 0 Å². The predicted octanol–water partition coefficient (Wildman–Crippen LogP) is 4.54. The van der Waals surface area contributed by atoms with Crippen molar-refractivity contribution in [2.24, 2.45) is 0 Å². The molecule has 2 aromatic carbocycles. The van der Waals surface area contributed by atoms with E-state index in [0.717, 1.165) is 12.1 Å². The van der Waals surface area contributed by atoms with Gasteiger partial charge < -0.3 is 10.1 Å². The molecule has 0 fully saturated rings. The maximum absolute atomic E-state index is 13.8. The van der Waals surface area contributed by atoms with Gasteiger partial charge in [0.1, 0.15) is 17.4 Å². The minimum Gasteiger partial charge on any atom is -0.425 e. The maximum atomic E-state index is 13.8. The van der Waals surface area contributed by atoms with Crippen molar-refractivity contribution in [3.63, 3.8) is 0 Å². The summed E-state index contributed by atoms with van der Waals surface area (Å²) in [5.41, 5.74) is -0.301. The van der Waals surface area contributed by atoms with Crippen LogP contribution < -0.4 is 10.1 Å². The highest BCUT2D eigenvalue weighted by molar-refractivity contribution is 6.30. The summed E-state index contributed by atoms with van der Waals surface area (Å²) in [6, 6.07) is 5.98. The molecule has 0 spiro atoms. The highest BCUT2D eigenvalue weighted by Crippen LogP contribution is 2.28. The van der Waals surface area contributed by atoms with Crippen molar-refractivity contribution in [3.05, 3.63) is 58.6 Å². The fraction of sp³-hybridized carbons (Fsp3) is 0.133. The molecule has 3 nitrogen and oxygen atoms in total. The molecule has 1 N–H and O–H groups in total. The highest BCUT2D eigenvalue weighted by atomic mass is 35.5. The Kier molecular flexibility index (Phi) is 4.79. The second-order valence-electron chi connectivity index (χ2n) is 4.61. The first-order chi connectivity index (χ1) is 10.7. The molecular formula is C15H10ClF4NO2. The molecular weight excluding hydrogens is 338 g/mol. The van der Waals surface area contributed by atoms with Crippen molar-refractivity contribution in [3.8, 4) is 5.75 Å². The Hall–Kier alpha value is -2.28. The summed E-state index contributed by atoms with van der Waals surface area (Å²) in [5, 5.41) is 1.96. The third-order valence-electron chi connectivity index (χ3n) is 2.82. The monoisotopic (exact) mass is 347 g/mol. The summed E-state index contributed by atoms with van der Waals surface area (Å²) in [6.45, 7) is 1.47. The second-order valence-corrected chi connectivity index (χ2v) is 5.04. The van der Waals surface area contributed by atoms with Crippen LogP contribution in [0.25, 0.3) is 0 Å². The second kappa shape index (κ2) is 6.45. The van der Waals surface area contributed by atoms with Crippen LogP contribution in [0.1, 0.15) is 5.56 Å². The quantitative estimate of drug-likeness (QED) is 0.825. The number of aryl methyl sites for hydroxylation is 1. The molecule has 0 aliphatic rings. The molecule has 2 aromatic rings. The van der Waals surface area contributed by atoms with Crippen LogP contribution in [0.2, 0.25) is 5.02 Å². The van der Waals surface area contributed by atoms with Crippen LogP contribution in [0.15, 0.2) is 36.4 Å². The standard InChI is InChI=1S/C15H10ClF4NO2/c1-8-6-9(16)2-5-13(8)23-15(19,20)14(22)21-12-4-3-10(17)7-11(12)18/h2-7H,1H3,(H,21,22). The topological polar surface area (TPSA) is 38.3 Å². The SMILES string of the molecule is Cc1cc(Cl)ccc1OC(F)(F)C(=O)Nc1ccc(F)cc1F. The summed E-state index contributed by atoms with van der Waals surface area (Å²) in [4.78, 5) is 11.6. The number of benzene rings is 2. The van der Waals surface area contributed by atoms with E-state index in [9.17, 15) is 22.4 Å². The molecule has 1 amide bonds. The number of anilines is 1. The van der Waals surface area contributed by atoms with Crippen molar-refractivity contribution in [2.75, 3.05) is 5.32 Å². The van der Waals surface area contributed by atoms with Crippen molar-refractivity contribution in [1.29, 1.82) is 0 Å². The minimum atomic E-state index is -4.26. The molecule has 0 heterocycles. The number of ether oxygens (including phenoxy) is 1. The molecule has 23 heavy (non-hydrogen) atoms. The Labute approximate surface area is 133 Å². The lowest BCUT2D eigenvalue weighted by Crippen LogP contribution is -2.40. The van der Waals surface area contributed by atoms with E-state index in [0.29, 0.717) is 11.1 Å². The lowest BCUT2D eigenvalue weighted by atomic mass is 10.2. The van der Waals surface area contributed by atoms with E-state index in [2.05, 4.69) is 4.74 Å². The minimum absolute atomic E-state index is 0.255. The molecule has 0 saturated carbocycles. The molecule has 0 aromatic heterocycles. The number of carbonyl (C=O) groups excluding carboxylic acids is 1. The number of halogens is 5. The fourth-order valence-corrected chi connectivity index (χ4v) is 1.92. The molecule has 122 valence electrons. The third-order valence-corrected chi connectivity index (χ3v) is 3.05. The highest BCUT2D eigenvalue weighted by Gasteiger charge is 2.43. The number of amides is 1. The van der Waals surface area contributed by atoms with Crippen LogP contribution in [0, 0.1) is 18.6 Å². The van der Waals surface area contributed by atoms with Crippen LogP contribution in [0.3, 0.4) is 0 Å². The van der Waals surface area contributed by atoms with Gasteiger partial charge in [-0.1, -0.05) is 11.6 Å². The van der Waals surface area contributed by atoms with Crippen molar-refractivity contribution >= 4 is 23.2 Å². The molecule has 0 unspecified atom stereocenters. The summed E-state index contributed by atoms with van der Waals surface area (Å²) in [6.07, 6.45) is -4.26. The zero-order valence-electron chi connectivity index (χ0n) is 11.7. The number of alkyl halides is 2. The van der Waals surface area contributed by atoms with Gasteiger partial charge in [0.25, 0.3) is 0 Å². The van der Waals surface area contributed by atoms with E-state index in [1.807, 2.05) is 0 Å². The van der Waals surface area contributed by atoms with Gasteiger partial charge in [0.05, 0.1) is 5.69 Å². The fourth-order valence-electron chi connectivity index (χ4n) is 1.70. The maximum Gasteiger partial charge on any atom is 0.482 e. The van der Waals surface area contributed by atoms with E-state index in [-0.39, 0.29) is 11.3 Å². The van der Waals surface area contributed by atoms with Gasteiger partial charge in [-0.3, -0.25) is 4.79 Å². The van der Waals surface area contributed by atoms with Crippen molar-refractivity contribution < 1.29 is 27.1 Å². The first-order valence-electron chi connectivity index (χ1n) is 6.28. The Balaban J connectivity index is 2.16. The molecule has 0 atom stereocenters. The van der Waals surface area contributed by atoms with Gasteiger partial charge in [0, 0.05) is 11.1 Å². The van der Waals surface area contributed by atoms with Gasteiger partial charge in [0.15, 0.2) is 0 Å². The molecule has 0 radical (unpaired) electrons. The normalized spacial score (nSPS) is 11.2. The Morgan fingerprint density at radius 2 is 1.87 bits per heavy atom. The molecule has 0 aliphatic heterocycles. The number of hydrogen-bond donors (Lipinski definition) is 1. The smallest absolute Gasteiger partial charge is 0.425 e. The summed E-state index contributed by atoms with van der Waals surface area (Å²) in [7, 11) is 0. The molecule has 0 saturated heterocycles. The lowest BCUT2D eigenvalue weighted by molar-refractivity contribution is -0.187. The first kappa shape index (κ1) is 17.1. The summed E-state index contributed by atoms with van der Waals surface area (Å²) in [5.74, 6) is -4.23. The van der Waals surface area contributed by atoms with E-state index in [1.165, 1.54) is 25.1 Å². The number of hydrogen-bond acceptors (Lipinski definition) is 2. The van der Waals surface area contributed by atoms with Crippen LogP contribution in [-0.4, -0.2) is 12.0 Å². The number of rotatable bonds is 4. The summed E-state index contributed by atoms with van der Waals surface area (Å²) >= 11 is 5.69. The first-order valence-corrected chi connectivity index (χ1v) is 6.66. The number of carbonyl (C=O) groups is 1. The number of nitrogens with one attached hydrogen (secondary N) is 1. The van der Waals surface area contributed by atoms with Crippen molar-refractivity contribution in [2.45, 2.75) is 13.0 Å². The molecule has 2 rings (SSSR count). The molecule has 8 heteroatoms. The van der Waals surface area contributed by atoms with Crippen LogP contribution >= 0.6 is 11.6 Å². The lowest BCUT2D eigenvalue weighted by Gasteiger charge is -2.18. The van der Waals surface area contributed by atoms with Crippen LogP contribution in [0.5, 0.6) is 5.75 Å². The van der Waals surface area contributed by atoms with Gasteiger partial charge in [-0.2, -0.15) is 8.78 Å². The van der Waals surface area contributed by atoms with Crippen molar-refractivity contribution in [1.82, 2.24) is 0 Å². The van der Waals surface area contributed by atoms with Gasteiger partial charge in [-0.05, 0) is 42.8 Å². The van der Waals surface area contributed by atoms with Gasteiger partial charge >= 0.3 is 12.0 Å². The van der Waals surface area contributed by atoms with E-state index >= 15 is 0 Å². The predicted molar refractivity (Wildman–Crippen MR) is 76.8 cm³/mol. The zero-order chi connectivity index (χ0) is 17.2. The third kappa shape index (κ3) is 4.13. The van der Waals surface area contributed by atoms with Gasteiger partial charge in [-0.25, -0.2) is 8.78 Å².